The van der Waals surface area contributed by atoms with Gasteiger partial charge in [0.1, 0.15) is 12.4 Å². The molecule has 2 atom stereocenters. The molecule has 0 bridgehead atoms. The molecule has 7 rings (SSSR count). The van der Waals surface area contributed by atoms with Crippen LogP contribution in [0.15, 0.2) is 54.7 Å². The lowest BCUT2D eigenvalue weighted by Gasteiger charge is -2.38. The van der Waals surface area contributed by atoms with Crippen LogP contribution in [0.25, 0.3) is 0 Å². The minimum Gasteiger partial charge on any atom is -0.493 e. The van der Waals surface area contributed by atoms with Crippen molar-refractivity contribution in [3.8, 4) is 11.5 Å². The Morgan fingerprint density at radius 1 is 1.00 bits per heavy atom. The third-order valence-electron chi connectivity index (χ3n) is 10.6. The van der Waals surface area contributed by atoms with Crippen LogP contribution in [-0.4, -0.2) is 92.9 Å². The summed E-state index contributed by atoms with van der Waals surface area (Å²) in [6, 6.07) is 15.7. The number of methoxy groups -OCH3 is 1. The Morgan fingerprint density at radius 3 is 2.45 bits per heavy atom. The van der Waals surface area contributed by atoms with E-state index in [0.717, 1.165) is 86.5 Å². The molecule has 11 heteroatoms. The van der Waals surface area contributed by atoms with Crippen molar-refractivity contribution in [2.24, 2.45) is 5.92 Å². The molecule has 2 aromatic carbocycles. The summed E-state index contributed by atoms with van der Waals surface area (Å²) in [7, 11) is 5.60. The van der Waals surface area contributed by atoms with Crippen LogP contribution in [0.1, 0.15) is 61.3 Å². The van der Waals surface area contributed by atoms with E-state index in [1.165, 1.54) is 0 Å². The zero-order chi connectivity index (χ0) is 34.1. The zero-order valence-corrected chi connectivity index (χ0v) is 29.4. The van der Waals surface area contributed by atoms with E-state index in [4.69, 9.17) is 30.8 Å². The molecule has 0 radical (unpaired) electrons. The van der Waals surface area contributed by atoms with Gasteiger partial charge in [0.25, 0.3) is 0 Å². The van der Waals surface area contributed by atoms with Crippen molar-refractivity contribution < 1.29 is 23.8 Å². The Hall–Kier alpha value is -3.86. The Labute approximate surface area is 293 Å². The van der Waals surface area contributed by atoms with Crippen LogP contribution in [0.5, 0.6) is 11.5 Å². The Morgan fingerprint density at radius 2 is 1.80 bits per heavy atom. The number of benzene rings is 2. The van der Waals surface area contributed by atoms with E-state index < -0.39 is 6.04 Å². The molecule has 10 nitrogen and oxygen atoms in total. The third kappa shape index (κ3) is 7.23. The molecule has 1 aromatic heterocycles. The maximum Gasteiger partial charge on any atom is 0.237 e. The summed E-state index contributed by atoms with van der Waals surface area (Å²) in [4.78, 5) is 39.1. The average molecular weight is 688 g/mol. The molecule has 3 aromatic rings. The van der Waals surface area contributed by atoms with E-state index in [9.17, 15) is 9.59 Å². The number of carbonyl (C=O) groups excluding carboxylic acids is 2. The maximum absolute atomic E-state index is 14.0. The minimum absolute atomic E-state index is 0.0203. The number of hydrogen-bond donors (Lipinski definition) is 0. The summed E-state index contributed by atoms with van der Waals surface area (Å²) < 4.78 is 17.8. The van der Waals surface area contributed by atoms with E-state index in [2.05, 4.69) is 16.8 Å². The molecule has 2 unspecified atom stereocenters. The number of anilines is 2. The first kappa shape index (κ1) is 33.6. The van der Waals surface area contributed by atoms with Crippen LogP contribution in [0.2, 0.25) is 5.02 Å². The molecular formula is C38H46ClN5O5. The maximum atomic E-state index is 14.0. The molecule has 0 spiro atoms. The van der Waals surface area contributed by atoms with Crippen molar-refractivity contribution in [1.29, 1.82) is 0 Å². The monoisotopic (exact) mass is 687 g/mol. The molecule has 3 fully saturated rings. The van der Waals surface area contributed by atoms with Crippen molar-refractivity contribution in [3.05, 3.63) is 76.4 Å². The van der Waals surface area contributed by atoms with Gasteiger partial charge in [0.2, 0.25) is 11.8 Å². The lowest BCUT2D eigenvalue weighted by atomic mass is 9.85. The number of carbonyl (C=O) groups is 2. The van der Waals surface area contributed by atoms with Gasteiger partial charge in [0.05, 0.1) is 50.8 Å². The highest BCUT2D eigenvalue weighted by Gasteiger charge is 2.37. The number of hydrogen-bond acceptors (Lipinski definition) is 8. The van der Waals surface area contributed by atoms with Crippen LogP contribution >= 0.6 is 11.6 Å². The van der Waals surface area contributed by atoms with Gasteiger partial charge in [-0.15, -0.1) is 0 Å². The van der Waals surface area contributed by atoms with Gasteiger partial charge in [-0.25, -0.2) is 4.98 Å². The summed E-state index contributed by atoms with van der Waals surface area (Å²) in [6.07, 6.45) is 8.62. The fourth-order valence-corrected chi connectivity index (χ4v) is 8.04. The number of fused-ring (bicyclic) bond motifs is 1. The number of likely N-dealkylation sites (N-methyl/N-ethyl adjacent to an activating group) is 1. The number of nitrogens with zero attached hydrogens (tertiary/aromatic N) is 5. The largest absolute Gasteiger partial charge is 0.493 e. The van der Waals surface area contributed by atoms with Gasteiger partial charge in [0, 0.05) is 38.3 Å². The van der Waals surface area contributed by atoms with Crippen molar-refractivity contribution >= 4 is 34.9 Å². The molecule has 4 heterocycles. The number of rotatable bonds is 10. The van der Waals surface area contributed by atoms with Gasteiger partial charge in [-0.2, -0.15) is 0 Å². The highest BCUT2D eigenvalue weighted by atomic mass is 35.5. The Kier molecular flexibility index (Phi) is 9.99. The molecule has 4 aliphatic rings. The Balaban J connectivity index is 1.09. The normalized spacial score (nSPS) is 24.3. The standard InChI is InChI=1S/C38H46ClN5O5/c1-41(21-25-6-12-29(13-7-25)43-22-37(46)42(2)24-43)35-15-14-30(20-40-35)44-36(45)18-27-17-33(47-3)34(49-23-31-5-4-16-48-31)19-32(27)38(44)26-8-10-28(39)11-9-26/h8-11,14-15,17,19-20,25,29,31,38H,4-7,12-13,16,18,21-24H2,1-3H3. The van der Waals surface area contributed by atoms with Crippen molar-refractivity contribution in [2.75, 3.05) is 64.0 Å². The van der Waals surface area contributed by atoms with Gasteiger partial charge in [-0.3, -0.25) is 19.4 Å². The third-order valence-corrected chi connectivity index (χ3v) is 10.9. The predicted octanol–water partition coefficient (Wildman–Crippen LogP) is 5.71. The smallest absolute Gasteiger partial charge is 0.237 e. The lowest BCUT2D eigenvalue weighted by molar-refractivity contribution is -0.125. The molecule has 3 aliphatic heterocycles. The molecule has 1 saturated carbocycles. The molecule has 0 N–H and O–H groups in total. The second-order valence-electron chi connectivity index (χ2n) is 14.0. The van der Waals surface area contributed by atoms with E-state index in [-0.39, 0.29) is 24.3 Å². The number of ether oxygens (including phenoxy) is 3. The van der Waals surface area contributed by atoms with Crippen molar-refractivity contribution in [1.82, 2.24) is 14.8 Å². The van der Waals surface area contributed by atoms with Crippen LogP contribution in [0, 0.1) is 5.92 Å². The van der Waals surface area contributed by atoms with E-state index >= 15 is 0 Å². The molecule has 2 amide bonds. The summed E-state index contributed by atoms with van der Waals surface area (Å²) in [5.41, 5.74) is 3.56. The van der Waals surface area contributed by atoms with Crippen LogP contribution in [-0.2, 0) is 20.7 Å². The van der Waals surface area contributed by atoms with E-state index in [0.29, 0.717) is 41.6 Å². The quantitative estimate of drug-likeness (QED) is 0.268. The number of amides is 2. The molecule has 1 aliphatic carbocycles. The van der Waals surface area contributed by atoms with E-state index in [1.54, 1.807) is 7.11 Å². The second-order valence-corrected chi connectivity index (χ2v) is 14.4. The fraction of sp³-hybridized carbons (Fsp3) is 0.500. The summed E-state index contributed by atoms with van der Waals surface area (Å²) in [6.45, 7) is 3.41. The first-order chi connectivity index (χ1) is 23.8. The first-order valence-corrected chi connectivity index (χ1v) is 17.8. The molecular weight excluding hydrogens is 642 g/mol. The number of aromatic nitrogens is 1. The second kappa shape index (κ2) is 14.5. The fourth-order valence-electron chi connectivity index (χ4n) is 7.91. The van der Waals surface area contributed by atoms with Gasteiger partial charge in [-0.1, -0.05) is 23.7 Å². The van der Waals surface area contributed by atoms with Gasteiger partial charge < -0.3 is 24.0 Å². The average Bonchev–Trinajstić information content (AvgIpc) is 3.76. The molecule has 49 heavy (non-hydrogen) atoms. The minimum atomic E-state index is -0.407. The summed E-state index contributed by atoms with van der Waals surface area (Å²) >= 11 is 6.31. The van der Waals surface area contributed by atoms with Crippen LogP contribution < -0.4 is 19.3 Å². The predicted molar refractivity (Wildman–Crippen MR) is 190 cm³/mol. The molecule has 2 saturated heterocycles. The zero-order valence-electron chi connectivity index (χ0n) is 28.6. The number of halogens is 1. The molecule has 260 valence electrons. The Bertz CT molecular complexity index is 1640. The highest BCUT2D eigenvalue weighted by molar-refractivity contribution is 6.30. The summed E-state index contributed by atoms with van der Waals surface area (Å²) in [5.74, 6) is 2.88. The van der Waals surface area contributed by atoms with Gasteiger partial charge >= 0.3 is 0 Å². The lowest BCUT2D eigenvalue weighted by Crippen LogP contribution is -2.41. The van der Waals surface area contributed by atoms with Crippen molar-refractivity contribution in [2.45, 2.75) is 63.1 Å². The van der Waals surface area contributed by atoms with Gasteiger partial charge in [-0.05, 0) is 97.5 Å². The van der Waals surface area contributed by atoms with Crippen LogP contribution in [0.3, 0.4) is 0 Å². The number of pyridine rings is 1. The van der Waals surface area contributed by atoms with E-state index in [1.807, 2.05) is 71.6 Å². The summed E-state index contributed by atoms with van der Waals surface area (Å²) in [5, 5.41) is 0.634. The van der Waals surface area contributed by atoms with Crippen molar-refractivity contribution in [3.63, 3.8) is 0 Å². The van der Waals surface area contributed by atoms with Crippen LogP contribution in [0.4, 0.5) is 11.5 Å². The SMILES string of the molecule is COc1cc2c(cc1OCC1CCCO1)C(c1ccc(Cl)cc1)N(c1ccc(N(C)CC3CCC(N4CC(=O)N(C)C4)CC3)nc1)C(=O)C2. The van der Waals surface area contributed by atoms with Gasteiger partial charge in [0.15, 0.2) is 11.5 Å². The highest BCUT2D eigenvalue weighted by Crippen LogP contribution is 2.44. The topological polar surface area (TPSA) is 87.7 Å². The first-order valence-electron chi connectivity index (χ1n) is 17.4.